The molecule has 1 aromatic heterocycles. The lowest BCUT2D eigenvalue weighted by Gasteiger charge is -2.18. The third-order valence-corrected chi connectivity index (χ3v) is 5.82. The largest absolute Gasteiger partial charge is 0.309 e. The van der Waals surface area contributed by atoms with Crippen LogP contribution >= 0.6 is 11.3 Å². The van der Waals surface area contributed by atoms with Gasteiger partial charge in [0.2, 0.25) is 0 Å². The molecule has 18 heavy (non-hydrogen) atoms. The van der Waals surface area contributed by atoms with Crippen molar-refractivity contribution in [3.8, 4) is 0 Å². The van der Waals surface area contributed by atoms with Gasteiger partial charge in [-0.3, -0.25) is 0 Å². The van der Waals surface area contributed by atoms with Crippen LogP contribution in [0.3, 0.4) is 0 Å². The van der Waals surface area contributed by atoms with E-state index < -0.39 is 9.84 Å². The number of hydrogen-bond acceptors (Lipinski definition) is 4. The molecular formula is C13H21NO2S2. The molecule has 1 fully saturated rings. The van der Waals surface area contributed by atoms with E-state index in [0.29, 0.717) is 11.8 Å². The van der Waals surface area contributed by atoms with Crippen LogP contribution in [0.25, 0.3) is 0 Å². The van der Waals surface area contributed by atoms with Gasteiger partial charge in [-0.25, -0.2) is 8.42 Å². The molecule has 1 aromatic rings. The summed E-state index contributed by atoms with van der Waals surface area (Å²) in [5.41, 5.74) is 0.00808. The average molecular weight is 287 g/mol. The van der Waals surface area contributed by atoms with Crippen molar-refractivity contribution in [2.45, 2.75) is 32.7 Å². The van der Waals surface area contributed by atoms with Crippen LogP contribution in [0.5, 0.6) is 0 Å². The zero-order valence-corrected chi connectivity index (χ0v) is 12.8. The van der Waals surface area contributed by atoms with Crippen molar-refractivity contribution in [3.05, 3.63) is 21.9 Å². The first-order valence-corrected chi connectivity index (χ1v) is 9.15. The SMILES string of the molecule is Cc1ccc(C(C)NCC2(CS(C)(=O)=O)CC2)s1. The molecule has 1 aliphatic rings. The van der Waals surface area contributed by atoms with E-state index in [1.54, 1.807) is 11.3 Å². The van der Waals surface area contributed by atoms with E-state index in [1.807, 2.05) is 0 Å². The monoisotopic (exact) mass is 287 g/mol. The van der Waals surface area contributed by atoms with E-state index in [-0.39, 0.29) is 5.41 Å². The van der Waals surface area contributed by atoms with E-state index in [1.165, 1.54) is 16.0 Å². The molecule has 0 radical (unpaired) electrons. The predicted octanol–water partition coefficient (Wildman–Crippen LogP) is 2.53. The lowest BCUT2D eigenvalue weighted by Crippen LogP contribution is -2.30. The minimum atomic E-state index is -2.87. The summed E-state index contributed by atoms with van der Waals surface area (Å²) in [6, 6.07) is 4.58. The molecule has 1 atom stereocenters. The fourth-order valence-corrected chi connectivity index (χ4v) is 4.67. The molecule has 1 N–H and O–H groups in total. The molecule has 0 aromatic carbocycles. The predicted molar refractivity (Wildman–Crippen MR) is 76.9 cm³/mol. The Labute approximate surface area is 114 Å². The fourth-order valence-electron chi connectivity index (χ4n) is 2.26. The lowest BCUT2D eigenvalue weighted by molar-refractivity contribution is 0.457. The van der Waals surface area contributed by atoms with Crippen LogP contribution in [0.4, 0.5) is 0 Å². The highest BCUT2D eigenvalue weighted by Crippen LogP contribution is 2.46. The van der Waals surface area contributed by atoms with Crippen molar-refractivity contribution < 1.29 is 8.42 Å². The Balaban J connectivity index is 1.88. The molecule has 0 bridgehead atoms. The van der Waals surface area contributed by atoms with Crippen LogP contribution in [0, 0.1) is 12.3 Å². The number of sulfone groups is 1. The van der Waals surface area contributed by atoms with Gasteiger partial charge < -0.3 is 5.32 Å². The maximum atomic E-state index is 11.4. The van der Waals surface area contributed by atoms with Gasteiger partial charge >= 0.3 is 0 Å². The van der Waals surface area contributed by atoms with E-state index in [4.69, 9.17) is 0 Å². The van der Waals surface area contributed by atoms with Gasteiger partial charge in [0, 0.05) is 28.6 Å². The first kappa shape index (κ1) is 14.0. The molecule has 5 heteroatoms. The number of hydrogen-bond donors (Lipinski definition) is 1. The number of rotatable bonds is 6. The smallest absolute Gasteiger partial charge is 0.148 e. The molecule has 1 saturated carbocycles. The first-order chi connectivity index (χ1) is 8.30. The summed E-state index contributed by atoms with van der Waals surface area (Å²) in [6.45, 7) is 5.05. The summed E-state index contributed by atoms with van der Waals surface area (Å²) in [5, 5.41) is 3.48. The van der Waals surface area contributed by atoms with Crippen molar-refractivity contribution in [2.75, 3.05) is 18.6 Å². The highest BCUT2D eigenvalue weighted by Gasteiger charge is 2.44. The van der Waals surface area contributed by atoms with Gasteiger partial charge in [-0.2, -0.15) is 0 Å². The Morgan fingerprint density at radius 1 is 1.44 bits per heavy atom. The minimum Gasteiger partial charge on any atom is -0.309 e. The Morgan fingerprint density at radius 2 is 2.11 bits per heavy atom. The Kier molecular flexibility index (Phi) is 3.85. The molecule has 0 amide bonds. The molecule has 1 unspecified atom stereocenters. The summed E-state index contributed by atoms with van der Waals surface area (Å²) < 4.78 is 22.8. The molecule has 0 spiro atoms. The third-order valence-electron chi connectivity index (χ3n) is 3.50. The van der Waals surface area contributed by atoms with Crippen LogP contribution in [-0.2, 0) is 9.84 Å². The first-order valence-electron chi connectivity index (χ1n) is 6.27. The van der Waals surface area contributed by atoms with Crippen molar-refractivity contribution in [3.63, 3.8) is 0 Å². The molecule has 102 valence electrons. The average Bonchev–Trinajstić information content (AvgIpc) is 2.84. The van der Waals surface area contributed by atoms with E-state index >= 15 is 0 Å². The van der Waals surface area contributed by atoms with Crippen LogP contribution in [0.15, 0.2) is 12.1 Å². The van der Waals surface area contributed by atoms with Gasteiger partial charge in [-0.15, -0.1) is 11.3 Å². The van der Waals surface area contributed by atoms with Gasteiger partial charge in [-0.05, 0) is 44.2 Å². The van der Waals surface area contributed by atoms with Crippen molar-refractivity contribution >= 4 is 21.2 Å². The number of aryl methyl sites for hydroxylation is 1. The molecule has 3 nitrogen and oxygen atoms in total. The second-order valence-electron chi connectivity index (χ2n) is 5.62. The van der Waals surface area contributed by atoms with Crippen molar-refractivity contribution in [1.82, 2.24) is 5.32 Å². The lowest BCUT2D eigenvalue weighted by atomic mass is 10.1. The third kappa shape index (κ3) is 3.80. The van der Waals surface area contributed by atoms with Crippen molar-refractivity contribution in [2.24, 2.45) is 5.41 Å². The zero-order valence-electron chi connectivity index (χ0n) is 11.2. The molecule has 0 saturated heterocycles. The minimum absolute atomic E-state index is 0.00808. The summed E-state index contributed by atoms with van der Waals surface area (Å²) in [6.07, 6.45) is 3.39. The number of nitrogens with one attached hydrogen (secondary N) is 1. The topological polar surface area (TPSA) is 46.2 Å². The van der Waals surface area contributed by atoms with Gasteiger partial charge in [0.25, 0.3) is 0 Å². The molecule has 2 rings (SSSR count). The Bertz CT molecular complexity index is 515. The molecular weight excluding hydrogens is 266 g/mol. The summed E-state index contributed by atoms with van der Waals surface area (Å²) in [7, 11) is -2.87. The maximum Gasteiger partial charge on any atom is 0.148 e. The quantitative estimate of drug-likeness (QED) is 0.874. The van der Waals surface area contributed by atoms with E-state index in [9.17, 15) is 8.42 Å². The number of thiophene rings is 1. The highest BCUT2D eigenvalue weighted by molar-refractivity contribution is 7.90. The summed E-state index contributed by atoms with van der Waals surface area (Å²) in [5.74, 6) is 0.323. The van der Waals surface area contributed by atoms with Crippen LogP contribution in [0.2, 0.25) is 0 Å². The summed E-state index contributed by atoms with van der Waals surface area (Å²) in [4.78, 5) is 2.64. The van der Waals surface area contributed by atoms with Crippen LogP contribution < -0.4 is 5.32 Å². The van der Waals surface area contributed by atoms with Gasteiger partial charge in [0.05, 0.1) is 5.75 Å². The van der Waals surface area contributed by atoms with Crippen LogP contribution in [-0.4, -0.2) is 27.0 Å². The molecule has 1 heterocycles. The Morgan fingerprint density at radius 3 is 2.56 bits per heavy atom. The molecule has 1 aliphatic carbocycles. The fraction of sp³-hybridized carbons (Fsp3) is 0.692. The highest BCUT2D eigenvalue weighted by atomic mass is 32.2. The normalized spacial score (nSPS) is 19.7. The standard InChI is InChI=1S/C13H21NO2S2/c1-10-4-5-12(17-10)11(2)14-8-13(6-7-13)9-18(3,15)16/h4-5,11,14H,6-9H2,1-3H3. The van der Waals surface area contributed by atoms with Gasteiger partial charge in [0.1, 0.15) is 9.84 Å². The van der Waals surface area contributed by atoms with Gasteiger partial charge in [0.15, 0.2) is 0 Å². The summed E-state index contributed by atoms with van der Waals surface area (Å²) >= 11 is 1.80. The van der Waals surface area contributed by atoms with E-state index in [0.717, 1.165) is 19.4 Å². The molecule has 0 aliphatic heterocycles. The second-order valence-corrected chi connectivity index (χ2v) is 9.08. The van der Waals surface area contributed by atoms with Gasteiger partial charge in [-0.1, -0.05) is 0 Å². The Hall–Kier alpha value is -0.390. The zero-order chi connectivity index (χ0) is 13.4. The maximum absolute atomic E-state index is 11.4. The van der Waals surface area contributed by atoms with Crippen molar-refractivity contribution in [1.29, 1.82) is 0 Å². The van der Waals surface area contributed by atoms with E-state index in [2.05, 4.69) is 31.3 Å². The van der Waals surface area contributed by atoms with Crippen LogP contribution in [0.1, 0.15) is 35.6 Å². The second kappa shape index (κ2) is 4.94.